The molecule has 3 aromatic rings. The molecule has 1 aliphatic heterocycles. The maximum Gasteiger partial charge on any atom is 0.224 e. The lowest BCUT2D eigenvalue weighted by Gasteiger charge is -2.14. The molecule has 4 rings (SSSR count). The summed E-state index contributed by atoms with van der Waals surface area (Å²) in [6, 6.07) is 8.03. The Hall–Kier alpha value is -2.67. The maximum absolute atomic E-state index is 14.3. The average molecular weight is 344 g/mol. The first-order chi connectivity index (χ1) is 12.1. The highest BCUT2D eigenvalue weighted by Gasteiger charge is 2.19. The number of anilines is 1. The Morgan fingerprint density at radius 1 is 1.08 bits per heavy atom. The number of benzene rings is 2. The summed E-state index contributed by atoms with van der Waals surface area (Å²) in [4.78, 5) is 8.72. The predicted molar refractivity (Wildman–Crippen MR) is 89.7 cm³/mol. The lowest BCUT2D eigenvalue weighted by atomic mass is 10.1. The van der Waals surface area contributed by atoms with Gasteiger partial charge in [0.1, 0.15) is 5.82 Å². The van der Waals surface area contributed by atoms with E-state index < -0.39 is 17.5 Å². The van der Waals surface area contributed by atoms with Gasteiger partial charge in [0.25, 0.3) is 0 Å². The van der Waals surface area contributed by atoms with Gasteiger partial charge >= 0.3 is 0 Å². The van der Waals surface area contributed by atoms with Crippen molar-refractivity contribution in [2.75, 3.05) is 18.4 Å². The van der Waals surface area contributed by atoms with E-state index in [-0.39, 0.29) is 23.2 Å². The van der Waals surface area contributed by atoms with Gasteiger partial charge in [0.2, 0.25) is 5.95 Å². The second kappa shape index (κ2) is 6.33. The van der Waals surface area contributed by atoms with E-state index in [2.05, 4.69) is 20.6 Å². The number of rotatable bonds is 3. The van der Waals surface area contributed by atoms with E-state index in [0.29, 0.717) is 10.9 Å². The fraction of sp³-hybridized carbons (Fsp3) is 0.222. The molecule has 0 radical (unpaired) electrons. The molecule has 2 N–H and O–H groups in total. The van der Waals surface area contributed by atoms with Gasteiger partial charge in [-0.2, -0.15) is 0 Å². The van der Waals surface area contributed by atoms with E-state index >= 15 is 0 Å². The molecule has 0 saturated carbocycles. The smallest absolute Gasteiger partial charge is 0.224 e. The van der Waals surface area contributed by atoms with Gasteiger partial charge in [-0.15, -0.1) is 0 Å². The van der Waals surface area contributed by atoms with E-state index in [0.717, 1.165) is 25.6 Å². The summed E-state index contributed by atoms with van der Waals surface area (Å²) in [7, 11) is 0. The van der Waals surface area contributed by atoms with Crippen LogP contribution in [-0.2, 0) is 0 Å². The summed E-state index contributed by atoms with van der Waals surface area (Å²) in [5.41, 5.74) is 0.587. The monoisotopic (exact) mass is 344 g/mol. The molecule has 1 aliphatic rings. The maximum atomic E-state index is 14.3. The first-order valence-corrected chi connectivity index (χ1v) is 8.01. The molecule has 1 aromatic heterocycles. The van der Waals surface area contributed by atoms with E-state index in [1.54, 1.807) is 0 Å². The van der Waals surface area contributed by atoms with Crippen molar-refractivity contribution in [1.29, 1.82) is 0 Å². The standard InChI is InChI=1S/C18H15F3N4/c19-10-4-5-12-15(8-10)24-18(23-11-6-7-22-9-11)25-17(12)13-2-1-3-14(20)16(13)21/h1-5,8,11,22H,6-7,9H2,(H,23,24,25)/t11-/m0/s1. The van der Waals surface area contributed by atoms with Crippen LogP contribution in [0.3, 0.4) is 0 Å². The van der Waals surface area contributed by atoms with Crippen LogP contribution in [0.25, 0.3) is 22.2 Å². The van der Waals surface area contributed by atoms with Gasteiger partial charge in [-0.3, -0.25) is 0 Å². The Morgan fingerprint density at radius 3 is 2.76 bits per heavy atom. The number of aromatic nitrogens is 2. The summed E-state index contributed by atoms with van der Waals surface area (Å²) < 4.78 is 41.6. The van der Waals surface area contributed by atoms with Gasteiger partial charge in [0, 0.05) is 29.6 Å². The summed E-state index contributed by atoms with van der Waals surface area (Å²) in [5.74, 6) is -2.13. The summed E-state index contributed by atoms with van der Waals surface area (Å²) in [6.07, 6.45) is 0.897. The number of hydrogen-bond donors (Lipinski definition) is 2. The van der Waals surface area contributed by atoms with Crippen LogP contribution in [0.2, 0.25) is 0 Å². The number of halogens is 3. The molecule has 0 amide bonds. The van der Waals surface area contributed by atoms with Gasteiger partial charge in [-0.25, -0.2) is 23.1 Å². The molecule has 1 saturated heterocycles. The molecule has 0 aliphatic carbocycles. The largest absolute Gasteiger partial charge is 0.350 e. The molecule has 25 heavy (non-hydrogen) atoms. The fourth-order valence-electron chi connectivity index (χ4n) is 3.02. The van der Waals surface area contributed by atoms with Crippen molar-refractivity contribution in [2.45, 2.75) is 12.5 Å². The van der Waals surface area contributed by atoms with Crippen LogP contribution < -0.4 is 10.6 Å². The molecule has 0 unspecified atom stereocenters. The molecule has 7 heteroatoms. The van der Waals surface area contributed by atoms with E-state index in [9.17, 15) is 13.2 Å². The first kappa shape index (κ1) is 15.8. The Kier molecular flexibility index (Phi) is 4.01. The van der Waals surface area contributed by atoms with Gasteiger partial charge in [-0.05, 0) is 37.2 Å². The van der Waals surface area contributed by atoms with Crippen LogP contribution in [0.1, 0.15) is 6.42 Å². The second-order valence-corrected chi connectivity index (χ2v) is 5.99. The molecule has 2 aromatic carbocycles. The fourth-order valence-corrected chi connectivity index (χ4v) is 3.02. The Morgan fingerprint density at radius 2 is 1.96 bits per heavy atom. The molecule has 4 nitrogen and oxygen atoms in total. The molecular formula is C18H15F3N4. The van der Waals surface area contributed by atoms with Gasteiger partial charge in [0.05, 0.1) is 11.2 Å². The van der Waals surface area contributed by atoms with Crippen molar-refractivity contribution in [3.05, 3.63) is 53.8 Å². The van der Waals surface area contributed by atoms with E-state index in [4.69, 9.17) is 0 Å². The van der Waals surface area contributed by atoms with Gasteiger partial charge in [0.15, 0.2) is 11.6 Å². The van der Waals surface area contributed by atoms with Crippen LogP contribution >= 0.6 is 0 Å². The highest BCUT2D eigenvalue weighted by Crippen LogP contribution is 2.30. The molecule has 0 spiro atoms. The normalized spacial score (nSPS) is 17.2. The minimum atomic E-state index is -0.986. The van der Waals surface area contributed by atoms with Crippen LogP contribution in [0.5, 0.6) is 0 Å². The van der Waals surface area contributed by atoms with E-state index in [1.807, 2.05) is 0 Å². The third kappa shape index (κ3) is 3.02. The minimum Gasteiger partial charge on any atom is -0.350 e. The lowest BCUT2D eigenvalue weighted by molar-refractivity contribution is 0.511. The lowest BCUT2D eigenvalue weighted by Crippen LogP contribution is -2.23. The molecule has 1 fully saturated rings. The molecule has 128 valence electrons. The zero-order chi connectivity index (χ0) is 17.4. The molecule has 0 bridgehead atoms. The molecular weight excluding hydrogens is 329 g/mol. The number of nitrogens with zero attached hydrogens (tertiary/aromatic N) is 2. The van der Waals surface area contributed by atoms with Crippen LogP contribution in [0.4, 0.5) is 19.1 Å². The van der Waals surface area contributed by atoms with Crippen molar-refractivity contribution in [3.8, 4) is 11.3 Å². The second-order valence-electron chi connectivity index (χ2n) is 5.99. The minimum absolute atomic E-state index is 0.0200. The summed E-state index contributed by atoms with van der Waals surface area (Å²) in [5, 5.41) is 6.85. The number of fused-ring (bicyclic) bond motifs is 1. The molecule has 1 atom stereocenters. The van der Waals surface area contributed by atoms with Crippen molar-refractivity contribution in [2.24, 2.45) is 0 Å². The number of hydrogen-bond acceptors (Lipinski definition) is 4. The van der Waals surface area contributed by atoms with Crippen molar-refractivity contribution >= 4 is 16.9 Å². The van der Waals surface area contributed by atoms with Gasteiger partial charge in [-0.1, -0.05) is 6.07 Å². The SMILES string of the molecule is Fc1ccc2c(-c3cccc(F)c3F)nc(N[C@H]3CCNC3)nc2c1. The summed E-state index contributed by atoms with van der Waals surface area (Å²) >= 11 is 0. The zero-order valence-electron chi connectivity index (χ0n) is 13.2. The number of nitrogens with one attached hydrogen (secondary N) is 2. The van der Waals surface area contributed by atoms with Gasteiger partial charge < -0.3 is 10.6 Å². The Bertz CT molecular complexity index is 939. The average Bonchev–Trinajstić information content (AvgIpc) is 3.09. The predicted octanol–water partition coefficient (Wildman–Crippen LogP) is 3.49. The van der Waals surface area contributed by atoms with Crippen molar-refractivity contribution < 1.29 is 13.2 Å². The van der Waals surface area contributed by atoms with Crippen LogP contribution in [-0.4, -0.2) is 29.1 Å². The quantitative estimate of drug-likeness (QED) is 0.764. The summed E-state index contributed by atoms with van der Waals surface area (Å²) in [6.45, 7) is 1.64. The molecule has 2 heterocycles. The van der Waals surface area contributed by atoms with Crippen molar-refractivity contribution in [1.82, 2.24) is 15.3 Å². The van der Waals surface area contributed by atoms with E-state index in [1.165, 1.54) is 30.3 Å². The zero-order valence-corrected chi connectivity index (χ0v) is 13.2. The van der Waals surface area contributed by atoms with Crippen LogP contribution in [0, 0.1) is 17.5 Å². The van der Waals surface area contributed by atoms with Crippen LogP contribution in [0.15, 0.2) is 36.4 Å². The Labute approximate surface area is 142 Å². The topological polar surface area (TPSA) is 49.8 Å². The third-order valence-corrected chi connectivity index (χ3v) is 4.26. The first-order valence-electron chi connectivity index (χ1n) is 8.01. The third-order valence-electron chi connectivity index (χ3n) is 4.26. The highest BCUT2D eigenvalue weighted by atomic mass is 19.2. The highest BCUT2D eigenvalue weighted by molar-refractivity contribution is 5.93. The van der Waals surface area contributed by atoms with Crippen molar-refractivity contribution in [3.63, 3.8) is 0 Å². The Balaban J connectivity index is 1.89.